The van der Waals surface area contributed by atoms with E-state index in [2.05, 4.69) is 10.3 Å². The van der Waals surface area contributed by atoms with E-state index < -0.39 is 0 Å². The summed E-state index contributed by atoms with van der Waals surface area (Å²) in [6.07, 6.45) is 5.78. The number of aromatic nitrogens is 1. The van der Waals surface area contributed by atoms with E-state index in [1.54, 1.807) is 0 Å². The van der Waals surface area contributed by atoms with Crippen LogP contribution in [-0.2, 0) is 6.54 Å². The Morgan fingerprint density at radius 1 is 1.18 bits per heavy atom. The molecule has 4 nitrogen and oxygen atoms in total. The van der Waals surface area contributed by atoms with E-state index in [1.165, 1.54) is 5.56 Å². The molecule has 2 heterocycles. The van der Waals surface area contributed by atoms with E-state index in [9.17, 15) is 4.79 Å². The van der Waals surface area contributed by atoms with E-state index in [1.807, 2.05) is 59.8 Å². The fourth-order valence-electron chi connectivity index (χ4n) is 2.85. The molecule has 0 bridgehead atoms. The smallest absolute Gasteiger partial charge is 0.253 e. The summed E-state index contributed by atoms with van der Waals surface area (Å²) >= 11 is 0. The summed E-state index contributed by atoms with van der Waals surface area (Å²) in [5, 5.41) is 3.55. The highest BCUT2D eigenvalue weighted by molar-refractivity contribution is 5.94. The summed E-state index contributed by atoms with van der Waals surface area (Å²) in [4.78, 5) is 18.5. The monoisotopic (exact) mass is 295 g/mol. The second-order valence-electron chi connectivity index (χ2n) is 5.69. The Labute approximate surface area is 131 Å². The third kappa shape index (κ3) is 3.71. The molecule has 0 spiro atoms. The number of nitrogens with zero attached hydrogens (tertiary/aromatic N) is 2. The molecule has 114 valence electrons. The molecule has 1 aromatic heterocycles. The number of nitrogens with one attached hydrogen (secondary N) is 1. The second kappa shape index (κ2) is 7.18. The van der Waals surface area contributed by atoms with E-state index in [4.69, 9.17) is 0 Å². The highest BCUT2D eigenvalue weighted by atomic mass is 16.2. The topological polar surface area (TPSA) is 45.2 Å². The van der Waals surface area contributed by atoms with Gasteiger partial charge in [0.2, 0.25) is 0 Å². The van der Waals surface area contributed by atoms with Gasteiger partial charge in [-0.15, -0.1) is 0 Å². The molecule has 0 unspecified atom stereocenters. The van der Waals surface area contributed by atoms with Gasteiger partial charge in [-0.05, 0) is 42.7 Å². The Balaban J connectivity index is 1.56. The number of carbonyl (C=O) groups excluding carboxylic acids is 1. The molecule has 0 saturated carbocycles. The first-order valence-electron chi connectivity index (χ1n) is 7.79. The molecule has 2 aromatic rings. The van der Waals surface area contributed by atoms with Gasteiger partial charge in [-0.3, -0.25) is 9.78 Å². The van der Waals surface area contributed by atoms with Crippen molar-refractivity contribution < 1.29 is 4.79 Å². The number of amides is 1. The van der Waals surface area contributed by atoms with Crippen molar-refractivity contribution in [2.75, 3.05) is 13.1 Å². The van der Waals surface area contributed by atoms with Crippen molar-refractivity contribution in [1.29, 1.82) is 0 Å². The van der Waals surface area contributed by atoms with Crippen LogP contribution in [0.5, 0.6) is 0 Å². The summed E-state index contributed by atoms with van der Waals surface area (Å²) in [6.45, 7) is 2.44. The zero-order chi connectivity index (χ0) is 15.2. The number of hydrogen-bond acceptors (Lipinski definition) is 3. The van der Waals surface area contributed by atoms with Gasteiger partial charge in [0.15, 0.2) is 0 Å². The largest absolute Gasteiger partial charge is 0.337 e. The molecule has 1 saturated heterocycles. The molecule has 1 aliphatic heterocycles. The van der Waals surface area contributed by atoms with Gasteiger partial charge in [0, 0.05) is 43.6 Å². The van der Waals surface area contributed by atoms with Crippen LogP contribution in [0.4, 0.5) is 0 Å². The van der Waals surface area contributed by atoms with Crippen molar-refractivity contribution in [2.24, 2.45) is 0 Å². The SMILES string of the molecule is O=C(c1ccccc1)N1CCC[C@@H](NCc2ccncc2)C1. The molecule has 22 heavy (non-hydrogen) atoms. The van der Waals surface area contributed by atoms with Crippen LogP contribution in [0.2, 0.25) is 0 Å². The second-order valence-corrected chi connectivity index (χ2v) is 5.69. The van der Waals surface area contributed by atoms with Crippen molar-refractivity contribution >= 4 is 5.91 Å². The first kappa shape index (κ1) is 14.7. The number of likely N-dealkylation sites (tertiary alicyclic amines) is 1. The van der Waals surface area contributed by atoms with Crippen LogP contribution in [0.15, 0.2) is 54.9 Å². The lowest BCUT2D eigenvalue weighted by Gasteiger charge is -2.33. The van der Waals surface area contributed by atoms with E-state index in [-0.39, 0.29) is 5.91 Å². The molecule has 1 fully saturated rings. The van der Waals surface area contributed by atoms with E-state index in [0.717, 1.165) is 38.0 Å². The fraction of sp³-hybridized carbons (Fsp3) is 0.333. The maximum atomic E-state index is 12.5. The van der Waals surface area contributed by atoms with Crippen molar-refractivity contribution in [2.45, 2.75) is 25.4 Å². The summed E-state index contributed by atoms with van der Waals surface area (Å²) < 4.78 is 0. The van der Waals surface area contributed by atoms with Gasteiger partial charge in [0.25, 0.3) is 5.91 Å². The van der Waals surface area contributed by atoms with Crippen LogP contribution in [0.3, 0.4) is 0 Å². The predicted molar refractivity (Wildman–Crippen MR) is 86.4 cm³/mol. The number of carbonyl (C=O) groups is 1. The van der Waals surface area contributed by atoms with Gasteiger partial charge in [0.05, 0.1) is 0 Å². The molecular formula is C18H21N3O. The fourth-order valence-corrected chi connectivity index (χ4v) is 2.85. The van der Waals surface area contributed by atoms with Crippen LogP contribution in [0.1, 0.15) is 28.8 Å². The minimum absolute atomic E-state index is 0.135. The zero-order valence-corrected chi connectivity index (χ0v) is 12.6. The minimum atomic E-state index is 0.135. The first-order chi connectivity index (χ1) is 10.8. The van der Waals surface area contributed by atoms with Crippen LogP contribution in [-0.4, -0.2) is 34.9 Å². The molecule has 1 aromatic carbocycles. The third-order valence-electron chi connectivity index (χ3n) is 4.07. The van der Waals surface area contributed by atoms with Crippen LogP contribution < -0.4 is 5.32 Å². The van der Waals surface area contributed by atoms with Gasteiger partial charge in [-0.2, -0.15) is 0 Å². The average Bonchev–Trinajstić information content (AvgIpc) is 2.61. The third-order valence-corrected chi connectivity index (χ3v) is 4.07. The van der Waals surface area contributed by atoms with Crippen molar-refractivity contribution in [3.63, 3.8) is 0 Å². The van der Waals surface area contributed by atoms with Crippen molar-refractivity contribution in [3.05, 3.63) is 66.0 Å². The molecule has 0 aliphatic carbocycles. The average molecular weight is 295 g/mol. The number of piperidine rings is 1. The lowest BCUT2D eigenvalue weighted by molar-refractivity contribution is 0.0694. The highest BCUT2D eigenvalue weighted by Crippen LogP contribution is 2.14. The highest BCUT2D eigenvalue weighted by Gasteiger charge is 2.23. The molecule has 1 N–H and O–H groups in total. The molecule has 0 radical (unpaired) electrons. The quantitative estimate of drug-likeness (QED) is 0.942. The maximum absolute atomic E-state index is 12.5. The van der Waals surface area contributed by atoms with E-state index >= 15 is 0 Å². The summed E-state index contributed by atoms with van der Waals surface area (Å²) in [7, 11) is 0. The number of benzene rings is 1. The van der Waals surface area contributed by atoms with E-state index in [0.29, 0.717) is 6.04 Å². The lowest BCUT2D eigenvalue weighted by atomic mass is 10.0. The van der Waals surface area contributed by atoms with Crippen LogP contribution >= 0.6 is 0 Å². The van der Waals surface area contributed by atoms with Crippen LogP contribution in [0, 0.1) is 0 Å². The zero-order valence-electron chi connectivity index (χ0n) is 12.6. The normalized spacial score (nSPS) is 18.2. The first-order valence-corrected chi connectivity index (χ1v) is 7.79. The summed E-state index contributed by atoms with van der Waals surface area (Å²) in [6, 6.07) is 13.9. The predicted octanol–water partition coefficient (Wildman–Crippen LogP) is 2.48. The molecule has 1 atom stereocenters. The van der Waals surface area contributed by atoms with Gasteiger partial charge in [-0.1, -0.05) is 18.2 Å². The van der Waals surface area contributed by atoms with Gasteiger partial charge < -0.3 is 10.2 Å². The Morgan fingerprint density at radius 2 is 1.95 bits per heavy atom. The lowest BCUT2D eigenvalue weighted by Crippen LogP contribution is -2.47. The van der Waals surface area contributed by atoms with Crippen LogP contribution in [0.25, 0.3) is 0 Å². The molecular weight excluding hydrogens is 274 g/mol. The molecule has 3 rings (SSSR count). The molecule has 4 heteroatoms. The number of pyridine rings is 1. The van der Waals surface area contributed by atoms with Gasteiger partial charge in [0.1, 0.15) is 0 Å². The Bertz CT molecular complexity index is 600. The molecule has 1 aliphatic rings. The van der Waals surface area contributed by atoms with Crippen molar-refractivity contribution in [3.8, 4) is 0 Å². The maximum Gasteiger partial charge on any atom is 0.253 e. The summed E-state index contributed by atoms with van der Waals surface area (Å²) in [5.74, 6) is 0.135. The minimum Gasteiger partial charge on any atom is -0.337 e. The number of hydrogen-bond donors (Lipinski definition) is 1. The standard InChI is InChI=1S/C18H21N3O/c22-18(16-5-2-1-3-6-16)21-12-4-7-17(14-21)20-13-15-8-10-19-11-9-15/h1-3,5-6,8-11,17,20H,4,7,12-14H2/t17-/m1/s1. The van der Waals surface area contributed by atoms with Gasteiger partial charge >= 0.3 is 0 Å². The van der Waals surface area contributed by atoms with Crippen molar-refractivity contribution in [1.82, 2.24) is 15.2 Å². The van der Waals surface area contributed by atoms with Gasteiger partial charge in [-0.25, -0.2) is 0 Å². The Hall–Kier alpha value is -2.20. The Morgan fingerprint density at radius 3 is 2.73 bits per heavy atom. The molecule has 1 amide bonds. The summed E-state index contributed by atoms with van der Waals surface area (Å²) in [5.41, 5.74) is 2.00. The Kier molecular flexibility index (Phi) is 4.81. The number of rotatable bonds is 4.